The number of methoxy groups -OCH3 is 1. The molecular formula is C26H20N6O4. The first-order chi connectivity index (χ1) is 17.5. The number of carbonyl (C=O) groups excluding carboxylic acids is 1. The number of hydrogen-bond donors (Lipinski definition) is 1. The minimum absolute atomic E-state index is 0.0239. The summed E-state index contributed by atoms with van der Waals surface area (Å²) in [6.07, 6.45) is 0. The molecule has 10 heteroatoms. The number of carbonyl (C=O) groups is 1. The van der Waals surface area contributed by atoms with Crippen LogP contribution in [-0.4, -0.2) is 33.6 Å². The molecule has 1 unspecified atom stereocenters. The fourth-order valence-electron chi connectivity index (χ4n) is 4.82. The van der Waals surface area contributed by atoms with Gasteiger partial charge in [0, 0.05) is 23.3 Å². The van der Waals surface area contributed by atoms with Crippen molar-refractivity contribution >= 4 is 34.6 Å². The van der Waals surface area contributed by atoms with Crippen LogP contribution in [0.2, 0.25) is 0 Å². The van der Waals surface area contributed by atoms with Gasteiger partial charge in [-0.3, -0.25) is 14.9 Å². The average Bonchev–Trinajstić information content (AvgIpc) is 3.23. The molecule has 6 rings (SSSR count). The van der Waals surface area contributed by atoms with Gasteiger partial charge in [-0.1, -0.05) is 30.3 Å². The number of nitro groups is 1. The van der Waals surface area contributed by atoms with E-state index in [-0.39, 0.29) is 17.4 Å². The summed E-state index contributed by atoms with van der Waals surface area (Å²) >= 11 is 0. The van der Waals surface area contributed by atoms with Crippen LogP contribution in [0.4, 0.5) is 22.9 Å². The lowest BCUT2D eigenvalue weighted by Gasteiger charge is -2.40. The van der Waals surface area contributed by atoms with Crippen LogP contribution in [0.5, 0.6) is 5.75 Å². The Balaban J connectivity index is 1.63. The molecule has 1 atom stereocenters. The molecule has 36 heavy (non-hydrogen) atoms. The van der Waals surface area contributed by atoms with Gasteiger partial charge in [0.15, 0.2) is 5.82 Å². The maximum atomic E-state index is 13.3. The fraction of sp³-hybridized carbons (Fsp3) is 0.115. The highest BCUT2D eigenvalue weighted by Gasteiger charge is 2.43. The molecule has 0 saturated heterocycles. The molecule has 2 aliphatic rings. The molecule has 4 aromatic rings. The van der Waals surface area contributed by atoms with Crippen molar-refractivity contribution in [3.8, 4) is 11.4 Å². The second kappa shape index (κ2) is 8.05. The Kier molecular flexibility index (Phi) is 4.82. The Morgan fingerprint density at radius 3 is 2.50 bits per heavy atom. The molecule has 0 aliphatic carbocycles. The third-order valence-corrected chi connectivity index (χ3v) is 6.41. The minimum Gasteiger partial charge on any atom is -0.496 e. The summed E-state index contributed by atoms with van der Waals surface area (Å²) in [5.74, 6) is 1.03. The second-order valence-electron chi connectivity index (χ2n) is 8.43. The number of nitrogens with zero attached hydrogens (tertiary/aromatic N) is 5. The lowest BCUT2D eigenvalue weighted by atomic mass is 9.92. The molecule has 0 bridgehead atoms. The highest BCUT2D eigenvalue weighted by atomic mass is 16.6. The summed E-state index contributed by atoms with van der Waals surface area (Å²) in [7, 11) is 1.61. The quantitative estimate of drug-likeness (QED) is 0.335. The van der Waals surface area contributed by atoms with Crippen molar-refractivity contribution in [1.82, 2.24) is 9.78 Å². The summed E-state index contributed by atoms with van der Waals surface area (Å²) in [5, 5.41) is 18.8. The largest absolute Gasteiger partial charge is 0.496 e. The van der Waals surface area contributed by atoms with E-state index in [2.05, 4.69) is 5.32 Å². The Morgan fingerprint density at radius 1 is 1.03 bits per heavy atom. The zero-order valence-electron chi connectivity index (χ0n) is 19.4. The van der Waals surface area contributed by atoms with E-state index in [4.69, 9.17) is 14.8 Å². The lowest BCUT2D eigenvalue weighted by Crippen LogP contribution is -2.48. The number of nitrogens with one attached hydrogen (secondary N) is 1. The second-order valence-corrected chi connectivity index (χ2v) is 8.43. The SMILES string of the molecule is COc1ccccc1C1c2c(C)nn(-c3ccc([N+](=O)[O-])cc3)c2N=C2C(=O)Nc3ccccc3N21. The van der Waals surface area contributed by atoms with E-state index in [0.717, 1.165) is 16.8 Å². The Bertz CT molecular complexity index is 1570. The zero-order valence-corrected chi connectivity index (χ0v) is 19.4. The van der Waals surface area contributed by atoms with Gasteiger partial charge in [-0.25, -0.2) is 9.67 Å². The number of rotatable bonds is 4. The number of aliphatic imine (C=N–C) groups is 1. The van der Waals surface area contributed by atoms with Gasteiger partial charge in [-0.05, 0) is 37.3 Å². The highest BCUT2D eigenvalue weighted by Crippen LogP contribution is 2.49. The molecule has 3 heterocycles. The molecule has 10 nitrogen and oxygen atoms in total. The van der Waals surface area contributed by atoms with Crippen LogP contribution in [0.3, 0.4) is 0 Å². The number of amides is 1. The van der Waals surface area contributed by atoms with E-state index < -0.39 is 11.0 Å². The number of aromatic nitrogens is 2. The molecule has 0 fully saturated rings. The van der Waals surface area contributed by atoms with Crippen LogP contribution in [-0.2, 0) is 4.79 Å². The standard InChI is InChI=1S/C26H20N6O4/c1-15-22-23(18-7-3-6-10-21(18)36-2)30-20-9-5-4-8-19(20)27-26(33)25(30)28-24(22)31(29-15)16-11-13-17(14-12-16)32(34)35/h3-14,23H,1-2H3,(H,27,33). The first-order valence-corrected chi connectivity index (χ1v) is 11.2. The number of anilines is 2. The van der Waals surface area contributed by atoms with E-state index in [1.54, 1.807) is 23.9 Å². The van der Waals surface area contributed by atoms with Gasteiger partial charge in [0.25, 0.3) is 11.6 Å². The molecule has 1 aromatic heterocycles. The lowest BCUT2D eigenvalue weighted by molar-refractivity contribution is -0.384. The van der Waals surface area contributed by atoms with E-state index in [1.165, 1.54) is 12.1 Å². The van der Waals surface area contributed by atoms with Crippen molar-refractivity contribution in [3.63, 3.8) is 0 Å². The molecule has 2 aliphatic heterocycles. The number of para-hydroxylation sites is 3. The summed E-state index contributed by atoms with van der Waals surface area (Å²) in [6.45, 7) is 1.89. The van der Waals surface area contributed by atoms with Crippen molar-refractivity contribution in [1.29, 1.82) is 0 Å². The molecular weight excluding hydrogens is 460 g/mol. The number of fused-ring (bicyclic) bond motifs is 4. The number of benzene rings is 3. The van der Waals surface area contributed by atoms with E-state index in [1.807, 2.05) is 60.4 Å². The van der Waals surface area contributed by atoms with Crippen molar-refractivity contribution in [2.45, 2.75) is 13.0 Å². The smallest absolute Gasteiger partial charge is 0.291 e. The maximum Gasteiger partial charge on any atom is 0.291 e. The summed E-state index contributed by atoms with van der Waals surface area (Å²) < 4.78 is 7.34. The van der Waals surface area contributed by atoms with Gasteiger partial charge in [0.05, 0.1) is 40.8 Å². The summed E-state index contributed by atoms with van der Waals surface area (Å²) in [5.41, 5.74) is 4.44. The Hall–Kier alpha value is -4.99. The maximum absolute atomic E-state index is 13.3. The van der Waals surface area contributed by atoms with Crippen LogP contribution in [0.15, 0.2) is 77.8 Å². The summed E-state index contributed by atoms with van der Waals surface area (Å²) in [4.78, 5) is 30.7. The predicted molar refractivity (Wildman–Crippen MR) is 134 cm³/mol. The Morgan fingerprint density at radius 2 is 1.75 bits per heavy atom. The molecule has 0 saturated carbocycles. The first kappa shape index (κ1) is 21.5. The van der Waals surface area contributed by atoms with Crippen LogP contribution in [0, 0.1) is 17.0 Å². The zero-order chi connectivity index (χ0) is 25.0. The monoisotopic (exact) mass is 480 g/mol. The van der Waals surface area contributed by atoms with E-state index >= 15 is 0 Å². The molecule has 178 valence electrons. The van der Waals surface area contributed by atoms with Crippen molar-refractivity contribution in [2.24, 2.45) is 4.99 Å². The number of nitro benzene ring substituents is 1. The van der Waals surface area contributed by atoms with Crippen LogP contribution < -0.4 is 15.0 Å². The van der Waals surface area contributed by atoms with Crippen LogP contribution >= 0.6 is 0 Å². The van der Waals surface area contributed by atoms with Crippen molar-refractivity contribution in [2.75, 3.05) is 17.3 Å². The van der Waals surface area contributed by atoms with Gasteiger partial charge < -0.3 is 15.0 Å². The topological polar surface area (TPSA) is 115 Å². The molecule has 1 amide bonds. The average molecular weight is 480 g/mol. The van der Waals surface area contributed by atoms with Crippen molar-refractivity contribution in [3.05, 3.63) is 99.7 Å². The minimum atomic E-state index is -0.456. The van der Waals surface area contributed by atoms with Crippen molar-refractivity contribution < 1.29 is 14.5 Å². The number of amidine groups is 1. The third kappa shape index (κ3) is 3.15. The molecule has 1 N–H and O–H groups in total. The molecule has 3 aromatic carbocycles. The highest BCUT2D eigenvalue weighted by molar-refractivity contribution is 6.50. The van der Waals surface area contributed by atoms with Gasteiger partial charge in [-0.2, -0.15) is 5.10 Å². The van der Waals surface area contributed by atoms with E-state index in [0.29, 0.717) is 28.6 Å². The van der Waals surface area contributed by atoms with Gasteiger partial charge >= 0.3 is 0 Å². The number of ether oxygens (including phenoxy) is 1. The summed E-state index contributed by atoms with van der Waals surface area (Å²) in [6, 6.07) is 20.9. The number of hydrogen-bond acceptors (Lipinski definition) is 7. The van der Waals surface area contributed by atoms with Gasteiger partial charge in [0.1, 0.15) is 5.75 Å². The number of non-ortho nitro benzene ring substituents is 1. The Labute approximate surface area is 205 Å². The van der Waals surface area contributed by atoms with Gasteiger partial charge in [0.2, 0.25) is 5.84 Å². The fourth-order valence-corrected chi connectivity index (χ4v) is 4.82. The normalized spacial score (nSPS) is 15.8. The van der Waals surface area contributed by atoms with Crippen LogP contribution in [0.1, 0.15) is 22.9 Å². The van der Waals surface area contributed by atoms with Crippen LogP contribution in [0.25, 0.3) is 5.69 Å². The molecule has 0 radical (unpaired) electrons. The van der Waals surface area contributed by atoms with Gasteiger partial charge in [-0.15, -0.1) is 0 Å². The van der Waals surface area contributed by atoms with E-state index in [9.17, 15) is 14.9 Å². The predicted octanol–water partition coefficient (Wildman–Crippen LogP) is 4.69. The number of aryl methyl sites for hydroxylation is 1. The third-order valence-electron chi connectivity index (χ3n) is 6.41. The first-order valence-electron chi connectivity index (χ1n) is 11.2. The molecule has 0 spiro atoms.